The summed E-state index contributed by atoms with van der Waals surface area (Å²) in [5, 5.41) is 3.01. The van der Waals surface area contributed by atoms with Crippen LogP contribution < -0.4 is 10.2 Å². The number of furan rings is 1. The first-order chi connectivity index (χ1) is 15.2. The summed E-state index contributed by atoms with van der Waals surface area (Å²) in [6.07, 6.45) is 5.02. The Hall–Kier alpha value is -3.38. The Balaban J connectivity index is 1.36. The fraction of sp³-hybridized carbons (Fsp3) is 0.240. The van der Waals surface area contributed by atoms with Crippen molar-refractivity contribution < 1.29 is 13.6 Å². The molecule has 2 heterocycles. The molecule has 160 valence electrons. The molecule has 1 fully saturated rings. The summed E-state index contributed by atoms with van der Waals surface area (Å²) in [6.45, 7) is 3.74. The third-order valence-corrected chi connectivity index (χ3v) is 5.51. The highest BCUT2D eigenvalue weighted by Crippen LogP contribution is 2.24. The molecule has 1 saturated heterocycles. The van der Waals surface area contributed by atoms with Crippen molar-refractivity contribution in [2.24, 2.45) is 0 Å². The summed E-state index contributed by atoms with van der Waals surface area (Å²) in [6, 6.07) is 20.1. The van der Waals surface area contributed by atoms with Gasteiger partial charge in [-0.1, -0.05) is 30.3 Å². The van der Waals surface area contributed by atoms with E-state index in [1.165, 1.54) is 12.1 Å². The van der Waals surface area contributed by atoms with Crippen molar-refractivity contribution in [3.63, 3.8) is 0 Å². The van der Waals surface area contributed by atoms with E-state index in [4.69, 9.17) is 4.42 Å². The van der Waals surface area contributed by atoms with E-state index in [1.54, 1.807) is 18.4 Å². The van der Waals surface area contributed by atoms with Gasteiger partial charge < -0.3 is 14.6 Å². The second-order valence-electron chi connectivity index (χ2n) is 7.52. The molecule has 2 aromatic carbocycles. The SMILES string of the molecule is O=C(/C=C/c1ccccc1)NCC(c1ccco1)N1CCN(c2ccc(F)cc2)CC1. The van der Waals surface area contributed by atoms with E-state index in [0.29, 0.717) is 6.54 Å². The fourth-order valence-corrected chi connectivity index (χ4v) is 3.83. The number of amides is 1. The lowest BCUT2D eigenvalue weighted by Gasteiger charge is -2.39. The molecule has 0 bridgehead atoms. The zero-order valence-electron chi connectivity index (χ0n) is 17.3. The predicted octanol–water partition coefficient (Wildman–Crippen LogP) is 4.11. The zero-order valence-corrected chi connectivity index (χ0v) is 17.3. The maximum Gasteiger partial charge on any atom is 0.244 e. The van der Waals surface area contributed by atoms with Crippen molar-refractivity contribution >= 4 is 17.7 Å². The third-order valence-electron chi connectivity index (χ3n) is 5.51. The standard InChI is InChI=1S/C25H26FN3O2/c26-21-9-11-22(12-10-21)28-14-16-29(17-15-28)23(24-7-4-18-31-24)19-27-25(30)13-8-20-5-2-1-3-6-20/h1-13,18,23H,14-17,19H2,(H,27,30)/b13-8+. The average Bonchev–Trinajstić information content (AvgIpc) is 3.34. The van der Waals surface area contributed by atoms with E-state index in [9.17, 15) is 9.18 Å². The molecule has 1 aliphatic heterocycles. The Morgan fingerprint density at radius 2 is 1.74 bits per heavy atom. The fourth-order valence-electron chi connectivity index (χ4n) is 3.83. The van der Waals surface area contributed by atoms with Gasteiger partial charge in [0, 0.05) is 44.5 Å². The second-order valence-corrected chi connectivity index (χ2v) is 7.52. The summed E-state index contributed by atoms with van der Waals surface area (Å²) in [5.74, 6) is 0.477. The third kappa shape index (κ3) is 5.61. The maximum atomic E-state index is 13.2. The molecule has 6 heteroatoms. The Bertz CT molecular complexity index is 979. The molecule has 1 aliphatic rings. The van der Waals surface area contributed by atoms with Gasteiger partial charge in [-0.05, 0) is 48.0 Å². The molecule has 4 rings (SSSR count). The summed E-state index contributed by atoms with van der Waals surface area (Å²) in [4.78, 5) is 16.9. The molecule has 1 amide bonds. The van der Waals surface area contributed by atoms with Crippen LogP contribution in [0.15, 0.2) is 83.5 Å². The van der Waals surface area contributed by atoms with Gasteiger partial charge in [-0.2, -0.15) is 0 Å². The van der Waals surface area contributed by atoms with Gasteiger partial charge in [-0.15, -0.1) is 0 Å². The largest absolute Gasteiger partial charge is 0.468 e. The number of nitrogens with zero attached hydrogens (tertiary/aromatic N) is 2. The van der Waals surface area contributed by atoms with Crippen molar-refractivity contribution in [3.05, 3.63) is 96.2 Å². The highest BCUT2D eigenvalue weighted by molar-refractivity contribution is 5.91. The number of anilines is 1. The molecule has 1 N–H and O–H groups in total. The minimum absolute atomic E-state index is 0.0422. The molecule has 5 nitrogen and oxygen atoms in total. The number of carbonyl (C=O) groups excluding carboxylic acids is 1. The lowest BCUT2D eigenvalue weighted by atomic mass is 10.1. The van der Waals surface area contributed by atoms with Crippen molar-refractivity contribution in [3.8, 4) is 0 Å². The summed E-state index contributed by atoms with van der Waals surface area (Å²) >= 11 is 0. The number of benzene rings is 2. The molecule has 3 aromatic rings. The van der Waals surface area contributed by atoms with Gasteiger partial charge >= 0.3 is 0 Å². The van der Waals surface area contributed by atoms with Gasteiger partial charge in [0.2, 0.25) is 5.91 Å². The van der Waals surface area contributed by atoms with Crippen LogP contribution in [0.5, 0.6) is 0 Å². The zero-order chi connectivity index (χ0) is 21.5. The average molecular weight is 420 g/mol. The topological polar surface area (TPSA) is 48.7 Å². The van der Waals surface area contributed by atoms with E-state index >= 15 is 0 Å². The molecular weight excluding hydrogens is 393 g/mol. The Kier molecular flexibility index (Phi) is 6.79. The molecule has 1 unspecified atom stereocenters. The van der Waals surface area contributed by atoms with Gasteiger partial charge in [-0.25, -0.2) is 4.39 Å². The van der Waals surface area contributed by atoms with Crippen LogP contribution in [-0.4, -0.2) is 43.5 Å². The Morgan fingerprint density at radius 3 is 2.42 bits per heavy atom. The van der Waals surface area contributed by atoms with Crippen molar-refractivity contribution in [1.82, 2.24) is 10.2 Å². The van der Waals surface area contributed by atoms with Crippen molar-refractivity contribution in [2.75, 3.05) is 37.6 Å². The molecular formula is C25H26FN3O2. The number of carbonyl (C=O) groups is 1. The van der Waals surface area contributed by atoms with Gasteiger partial charge in [0.1, 0.15) is 11.6 Å². The van der Waals surface area contributed by atoms with Crippen LogP contribution in [0.1, 0.15) is 17.4 Å². The second kappa shape index (κ2) is 10.1. The number of halogens is 1. The van der Waals surface area contributed by atoms with Crippen LogP contribution >= 0.6 is 0 Å². The number of hydrogen-bond acceptors (Lipinski definition) is 4. The molecule has 1 aromatic heterocycles. The number of hydrogen-bond donors (Lipinski definition) is 1. The van der Waals surface area contributed by atoms with Gasteiger partial charge in [0.25, 0.3) is 0 Å². The monoisotopic (exact) mass is 419 g/mol. The first-order valence-corrected chi connectivity index (χ1v) is 10.5. The normalized spacial score (nSPS) is 15.8. The Morgan fingerprint density at radius 1 is 1.00 bits per heavy atom. The van der Waals surface area contributed by atoms with E-state index < -0.39 is 0 Å². The highest BCUT2D eigenvalue weighted by Gasteiger charge is 2.27. The smallest absolute Gasteiger partial charge is 0.244 e. The lowest BCUT2D eigenvalue weighted by molar-refractivity contribution is -0.116. The van der Waals surface area contributed by atoms with E-state index in [0.717, 1.165) is 43.2 Å². The number of rotatable bonds is 7. The van der Waals surface area contributed by atoms with Gasteiger partial charge in [0.05, 0.1) is 12.3 Å². The molecule has 0 saturated carbocycles. The Labute approximate surface area is 181 Å². The van der Waals surface area contributed by atoms with Crippen molar-refractivity contribution in [1.29, 1.82) is 0 Å². The first-order valence-electron chi connectivity index (χ1n) is 10.5. The molecule has 1 atom stereocenters. The molecule has 0 spiro atoms. The van der Waals surface area contributed by atoms with E-state index in [1.807, 2.05) is 54.6 Å². The summed E-state index contributed by atoms with van der Waals surface area (Å²) in [5.41, 5.74) is 2.01. The minimum atomic E-state index is -0.225. The van der Waals surface area contributed by atoms with Crippen LogP contribution in [0.3, 0.4) is 0 Å². The molecule has 0 aliphatic carbocycles. The van der Waals surface area contributed by atoms with Crippen LogP contribution in [0.4, 0.5) is 10.1 Å². The van der Waals surface area contributed by atoms with Gasteiger partial charge in [0.15, 0.2) is 0 Å². The quantitative estimate of drug-likeness (QED) is 0.586. The summed E-state index contributed by atoms with van der Waals surface area (Å²) in [7, 11) is 0. The summed E-state index contributed by atoms with van der Waals surface area (Å²) < 4.78 is 18.9. The van der Waals surface area contributed by atoms with Gasteiger partial charge in [-0.3, -0.25) is 9.69 Å². The highest BCUT2D eigenvalue weighted by atomic mass is 19.1. The van der Waals surface area contributed by atoms with Crippen LogP contribution in [0, 0.1) is 5.82 Å². The lowest BCUT2D eigenvalue weighted by Crippen LogP contribution is -2.49. The van der Waals surface area contributed by atoms with E-state index in [2.05, 4.69) is 15.1 Å². The van der Waals surface area contributed by atoms with Crippen LogP contribution in [-0.2, 0) is 4.79 Å². The van der Waals surface area contributed by atoms with E-state index in [-0.39, 0.29) is 17.8 Å². The van der Waals surface area contributed by atoms with Crippen LogP contribution in [0.2, 0.25) is 0 Å². The number of piperazine rings is 1. The molecule has 0 radical (unpaired) electrons. The van der Waals surface area contributed by atoms with Crippen molar-refractivity contribution in [2.45, 2.75) is 6.04 Å². The maximum absolute atomic E-state index is 13.2. The first kappa shape index (κ1) is 20.9. The van der Waals surface area contributed by atoms with Crippen LogP contribution in [0.25, 0.3) is 6.08 Å². The molecule has 31 heavy (non-hydrogen) atoms. The number of nitrogens with one attached hydrogen (secondary N) is 1. The predicted molar refractivity (Wildman–Crippen MR) is 120 cm³/mol. The minimum Gasteiger partial charge on any atom is -0.468 e.